The summed E-state index contributed by atoms with van der Waals surface area (Å²) in [6, 6.07) is -2.69. The third-order valence-corrected chi connectivity index (χ3v) is 10.1. The van der Waals surface area contributed by atoms with Crippen LogP contribution in [-0.4, -0.2) is 157 Å². The summed E-state index contributed by atoms with van der Waals surface area (Å²) >= 11 is 0. The lowest BCUT2D eigenvalue weighted by molar-refractivity contribution is -0.138. The van der Waals surface area contributed by atoms with Gasteiger partial charge in [0.15, 0.2) is 0 Å². The number of nitrogen functional groups attached to an aromatic ring is 1. The van der Waals surface area contributed by atoms with Gasteiger partial charge in [0.05, 0.1) is 46.2 Å². The number of urea groups is 1. The molecule has 0 saturated heterocycles. The SMILES string of the molecule is CCCCc1nc(C(=N)N)c(C(=[NH2+])C2=CCN(C(=O)[C@H](CCCNC(N)=O)NC(=O)[C@@H](NC(=O)CCOCCOCCOCCNC(=O)CCN3C(=O)C=CC3=O)C(C)C)C2)n1C. The Balaban J connectivity index is 1.41. The second kappa shape index (κ2) is 26.5. The molecule has 1 aromatic rings. The van der Waals surface area contributed by atoms with Crippen LogP contribution in [0, 0.1) is 11.3 Å². The Labute approximate surface area is 367 Å². The van der Waals surface area contributed by atoms with Crippen molar-refractivity contribution in [1.82, 2.24) is 40.6 Å². The molecule has 63 heavy (non-hydrogen) atoms. The number of carbonyl (C=O) groups is 7. The first-order valence-electron chi connectivity index (χ1n) is 21.2. The third kappa shape index (κ3) is 16.7. The summed E-state index contributed by atoms with van der Waals surface area (Å²) in [6.07, 6.45) is 7.13. The number of nitrogens with zero attached hydrogens (tertiary/aromatic N) is 4. The van der Waals surface area contributed by atoms with E-state index < -0.39 is 41.7 Å². The first-order valence-corrected chi connectivity index (χ1v) is 21.2. The summed E-state index contributed by atoms with van der Waals surface area (Å²) < 4.78 is 18.2. The first kappa shape index (κ1) is 51.4. The van der Waals surface area contributed by atoms with Gasteiger partial charge < -0.3 is 56.4 Å². The first-order chi connectivity index (χ1) is 30.0. The van der Waals surface area contributed by atoms with Gasteiger partial charge >= 0.3 is 6.03 Å². The molecule has 0 aromatic carbocycles. The molecule has 11 N–H and O–H groups in total. The Morgan fingerprint density at radius 2 is 1.54 bits per heavy atom. The zero-order chi connectivity index (χ0) is 46.5. The Bertz CT molecular complexity index is 1860. The maximum Gasteiger partial charge on any atom is 0.312 e. The van der Waals surface area contributed by atoms with E-state index in [2.05, 4.69) is 33.2 Å². The average molecular weight is 886 g/mol. The summed E-state index contributed by atoms with van der Waals surface area (Å²) in [5, 5.41) is 25.5. The number of unbranched alkanes of at least 4 members (excludes halogenated alkanes) is 1. The van der Waals surface area contributed by atoms with Gasteiger partial charge in [0.25, 0.3) is 11.8 Å². The van der Waals surface area contributed by atoms with Crippen molar-refractivity contribution in [2.24, 2.45) is 24.4 Å². The molecule has 1 aromatic heterocycles. The molecule has 0 radical (unpaired) electrons. The minimum atomic E-state index is -1.00. The molecular weight excluding hydrogens is 821 g/mol. The normalized spacial score (nSPS) is 14.5. The largest absolute Gasteiger partial charge is 0.382 e. The number of hydrogen-bond donors (Lipinski definition) is 8. The van der Waals surface area contributed by atoms with Crippen LogP contribution in [0.15, 0.2) is 23.8 Å². The molecule has 2 atom stereocenters. The fourth-order valence-electron chi connectivity index (χ4n) is 6.63. The second-order valence-electron chi connectivity index (χ2n) is 15.3. The van der Waals surface area contributed by atoms with E-state index >= 15 is 0 Å². The highest BCUT2D eigenvalue weighted by molar-refractivity contribution is 6.14. The van der Waals surface area contributed by atoms with Crippen LogP contribution in [0.25, 0.3) is 0 Å². The van der Waals surface area contributed by atoms with Gasteiger partial charge in [-0.05, 0) is 25.2 Å². The van der Waals surface area contributed by atoms with Crippen molar-refractivity contribution in [2.45, 2.75) is 77.8 Å². The van der Waals surface area contributed by atoms with Gasteiger partial charge in [-0.15, -0.1) is 0 Å². The number of carbonyl (C=O) groups excluding carboxylic acids is 7. The quantitative estimate of drug-likeness (QED) is 0.0170. The fourth-order valence-corrected chi connectivity index (χ4v) is 6.63. The summed E-state index contributed by atoms with van der Waals surface area (Å²) in [5.74, 6) is -2.36. The predicted octanol–water partition coefficient (Wildman–Crippen LogP) is -2.69. The number of rotatable bonds is 30. The average Bonchev–Trinajstić information content (AvgIpc) is 3.95. The topological polar surface area (TPSA) is 321 Å². The Kier molecular flexibility index (Phi) is 21.6. The van der Waals surface area contributed by atoms with E-state index in [0.29, 0.717) is 29.8 Å². The molecule has 22 nitrogen and oxygen atoms in total. The van der Waals surface area contributed by atoms with Crippen LogP contribution in [0.5, 0.6) is 0 Å². The van der Waals surface area contributed by atoms with E-state index in [4.69, 9.17) is 36.5 Å². The van der Waals surface area contributed by atoms with Gasteiger partial charge in [-0.3, -0.25) is 44.5 Å². The number of ether oxygens (including phenoxy) is 3. The monoisotopic (exact) mass is 885 g/mol. The standard InChI is InChI=1S/C41H64N12O10/c1-5-6-9-29-49-36(38(43)44)37(51(29)4)34(42)27-12-17-52(25-27)40(59)28(8-7-15-47-41(45)60)48-39(58)35(26(2)3)50-31(55)14-19-61-21-23-63-24-22-62-20-16-46-30(54)13-18-53-32(56)10-11-33(53)57/h10-12,26,28,35,42H,5-9,13-25H2,1-4H3,(H3,43,44)(H,46,54)(H,48,58)(H,50,55)(H3,45,47,60)/p+1/t28-,35-/m0/s1. The fraction of sp³-hybridized carbons (Fsp3) is 0.610. The lowest BCUT2D eigenvalue weighted by Crippen LogP contribution is -2.56. The number of imide groups is 1. The van der Waals surface area contributed by atoms with E-state index in [0.717, 1.165) is 23.6 Å². The molecule has 0 bridgehead atoms. The van der Waals surface area contributed by atoms with Crippen molar-refractivity contribution < 1.29 is 53.2 Å². The lowest BCUT2D eigenvalue weighted by Gasteiger charge is -2.28. The molecular formula is C41H65N12O10+. The minimum absolute atomic E-state index is 0.00382. The Morgan fingerprint density at radius 1 is 0.889 bits per heavy atom. The van der Waals surface area contributed by atoms with Crippen molar-refractivity contribution >= 4 is 53.0 Å². The number of nitrogens with one attached hydrogen (secondary N) is 5. The van der Waals surface area contributed by atoms with Crippen LogP contribution in [-0.2, 0) is 56.4 Å². The number of amidine groups is 1. The van der Waals surface area contributed by atoms with E-state index in [1.165, 1.54) is 12.2 Å². The third-order valence-electron chi connectivity index (χ3n) is 10.1. The van der Waals surface area contributed by atoms with Crippen LogP contribution in [0.3, 0.4) is 0 Å². The van der Waals surface area contributed by atoms with Crippen molar-refractivity contribution in [1.29, 1.82) is 5.41 Å². The van der Waals surface area contributed by atoms with Crippen LogP contribution >= 0.6 is 0 Å². The van der Waals surface area contributed by atoms with Gasteiger partial charge in [0, 0.05) is 70.2 Å². The van der Waals surface area contributed by atoms with E-state index in [1.807, 2.05) is 17.7 Å². The predicted molar refractivity (Wildman–Crippen MR) is 230 cm³/mol. The minimum Gasteiger partial charge on any atom is -0.382 e. The van der Waals surface area contributed by atoms with Crippen molar-refractivity contribution in [3.63, 3.8) is 0 Å². The molecule has 2 aliphatic heterocycles. The zero-order valence-corrected chi connectivity index (χ0v) is 36.8. The molecule has 0 fully saturated rings. The van der Waals surface area contributed by atoms with E-state index in [9.17, 15) is 33.6 Å². The van der Waals surface area contributed by atoms with Gasteiger partial charge in [-0.25, -0.2) is 9.78 Å². The summed E-state index contributed by atoms with van der Waals surface area (Å²) in [7, 11) is 1.81. The Morgan fingerprint density at radius 3 is 2.16 bits per heavy atom. The molecule has 3 rings (SSSR count). The van der Waals surface area contributed by atoms with Crippen molar-refractivity contribution in [3.05, 3.63) is 41.0 Å². The molecule has 3 heterocycles. The summed E-state index contributed by atoms with van der Waals surface area (Å²) in [5.41, 5.74) is 12.9. The smallest absolute Gasteiger partial charge is 0.312 e. The zero-order valence-electron chi connectivity index (χ0n) is 36.8. The Hall–Kier alpha value is -6.00. The number of hydrogen-bond acceptors (Lipinski definition) is 12. The number of imidazole rings is 1. The van der Waals surface area contributed by atoms with Crippen LogP contribution in [0.1, 0.15) is 76.5 Å². The number of aryl methyl sites for hydroxylation is 1. The number of aromatic nitrogens is 2. The van der Waals surface area contributed by atoms with Crippen LogP contribution in [0.4, 0.5) is 4.79 Å². The summed E-state index contributed by atoms with van der Waals surface area (Å²) in [6.45, 7) is 7.69. The van der Waals surface area contributed by atoms with Crippen LogP contribution < -0.4 is 38.1 Å². The molecule has 8 amide bonds. The lowest BCUT2D eigenvalue weighted by atomic mass is 10.0. The molecule has 348 valence electrons. The highest BCUT2D eigenvalue weighted by Gasteiger charge is 2.35. The number of primary amides is 1. The van der Waals surface area contributed by atoms with E-state index in [1.54, 1.807) is 18.7 Å². The molecule has 22 heteroatoms. The summed E-state index contributed by atoms with van der Waals surface area (Å²) in [4.78, 5) is 94.0. The van der Waals surface area contributed by atoms with Crippen LogP contribution in [0.2, 0.25) is 0 Å². The highest BCUT2D eigenvalue weighted by atomic mass is 16.5. The van der Waals surface area contributed by atoms with Gasteiger partial charge in [-0.2, -0.15) is 0 Å². The second-order valence-corrected chi connectivity index (χ2v) is 15.3. The molecule has 0 spiro atoms. The maximum absolute atomic E-state index is 14.0. The van der Waals surface area contributed by atoms with E-state index in [-0.39, 0.29) is 121 Å². The van der Waals surface area contributed by atoms with Gasteiger partial charge in [0.2, 0.25) is 29.3 Å². The van der Waals surface area contributed by atoms with Crippen molar-refractivity contribution in [3.8, 4) is 0 Å². The molecule has 0 unspecified atom stereocenters. The molecule has 0 saturated carbocycles. The van der Waals surface area contributed by atoms with Gasteiger partial charge in [0.1, 0.15) is 35.1 Å². The number of nitrogens with two attached hydrogens (primary N) is 3. The maximum atomic E-state index is 14.0. The molecule has 0 aliphatic carbocycles. The van der Waals surface area contributed by atoms with Crippen molar-refractivity contribution in [2.75, 3.05) is 72.4 Å². The highest BCUT2D eigenvalue weighted by Crippen LogP contribution is 2.20. The van der Waals surface area contributed by atoms with Gasteiger partial charge in [-0.1, -0.05) is 33.3 Å². The molecule has 2 aliphatic rings. The number of amides is 8.